The Balaban J connectivity index is 2.33. The van der Waals surface area contributed by atoms with Gasteiger partial charge in [0.25, 0.3) is 0 Å². The van der Waals surface area contributed by atoms with Gasteiger partial charge in [-0.2, -0.15) is 10.5 Å². The van der Waals surface area contributed by atoms with Crippen molar-refractivity contribution in [3.05, 3.63) is 22.7 Å². The highest BCUT2D eigenvalue weighted by molar-refractivity contribution is 5.23. The van der Waals surface area contributed by atoms with E-state index in [2.05, 4.69) is 10.5 Å². The van der Waals surface area contributed by atoms with E-state index >= 15 is 0 Å². The first-order valence-electron chi connectivity index (χ1n) is 5.66. The van der Waals surface area contributed by atoms with Crippen LogP contribution >= 0.6 is 0 Å². The number of hydrogen-bond donors (Lipinski definition) is 4. The summed E-state index contributed by atoms with van der Waals surface area (Å²) < 4.78 is 6.61. The molecule has 0 aromatic carbocycles. The van der Waals surface area contributed by atoms with E-state index in [9.17, 15) is 9.90 Å². The van der Waals surface area contributed by atoms with Gasteiger partial charge in [-0.1, -0.05) is 0 Å². The molecule has 9 heteroatoms. The van der Waals surface area contributed by atoms with Crippen LogP contribution in [0.2, 0.25) is 0 Å². The van der Waals surface area contributed by atoms with E-state index in [1.165, 1.54) is 23.9 Å². The zero-order valence-corrected chi connectivity index (χ0v) is 10.3. The van der Waals surface area contributed by atoms with Gasteiger partial charge in [-0.3, -0.25) is 4.57 Å². The molecule has 1 aromatic heterocycles. The molecular weight excluding hydrogens is 256 g/mol. The number of nitrogens with two attached hydrogens (primary N) is 1. The molecule has 0 unspecified atom stereocenters. The van der Waals surface area contributed by atoms with E-state index in [-0.39, 0.29) is 12.4 Å². The largest absolute Gasteiger partial charge is 0.394 e. The fraction of sp³-hybridized carbons (Fsp3) is 0.600. The lowest BCUT2D eigenvalue weighted by molar-refractivity contribution is -0.0523. The highest BCUT2D eigenvalue weighted by Crippen LogP contribution is 2.28. The van der Waals surface area contributed by atoms with E-state index in [0.717, 1.165) is 0 Å². The van der Waals surface area contributed by atoms with Crippen molar-refractivity contribution in [2.24, 2.45) is 0 Å². The molecule has 4 atom stereocenters. The molecule has 5 N–H and O–H groups in total. The average Bonchev–Trinajstić information content (AvgIpc) is 2.68. The van der Waals surface area contributed by atoms with Crippen LogP contribution in [-0.4, -0.2) is 51.7 Å². The summed E-state index contributed by atoms with van der Waals surface area (Å²) in [6.45, 7) is -0.378. The third kappa shape index (κ3) is 2.60. The van der Waals surface area contributed by atoms with Crippen molar-refractivity contribution in [3.8, 4) is 0 Å². The van der Waals surface area contributed by atoms with Gasteiger partial charge in [-0.25, -0.2) is 4.79 Å². The number of aliphatic hydroxyl groups is 2. The van der Waals surface area contributed by atoms with Crippen molar-refractivity contribution >= 4 is 5.82 Å². The third-order valence-electron chi connectivity index (χ3n) is 2.93. The monoisotopic (exact) mass is 272 g/mol. The van der Waals surface area contributed by atoms with Crippen molar-refractivity contribution in [1.82, 2.24) is 15.0 Å². The molecule has 1 saturated heterocycles. The minimum atomic E-state index is -1.03. The summed E-state index contributed by atoms with van der Waals surface area (Å²) in [5, 5.41) is 19.1. The highest BCUT2D eigenvalue weighted by atomic mass is 16.6. The molecule has 0 spiro atoms. The Labute approximate surface area is 108 Å². The third-order valence-corrected chi connectivity index (χ3v) is 2.93. The van der Waals surface area contributed by atoms with Gasteiger partial charge in [-0.15, -0.1) is 0 Å². The standard InChI is InChI=1S/C10H16N4O5/c1-18-13-7-8(16)5(4-15)19-9(7)14-3-2-6(11)12-10(14)17/h2-3,5,7-9,13,15-16H,4H2,1H3,(H2,11,12,17)/t5-,7-,8-,9-/m1/s1. The fourth-order valence-corrected chi connectivity index (χ4v) is 2.02. The summed E-state index contributed by atoms with van der Waals surface area (Å²) in [6.07, 6.45) is -1.29. The molecule has 2 heterocycles. The Morgan fingerprint density at radius 2 is 2.42 bits per heavy atom. The molecular formula is C10H16N4O5. The molecule has 1 aliphatic heterocycles. The number of aromatic nitrogens is 2. The maximum absolute atomic E-state index is 11.8. The minimum Gasteiger partial charge on any atom is -0.394 e. The van der Waals surface area contributed by atoms with Crippen LogP contribution < -0.4 is 16.9 Å². The van der Waals surface area contributed by atoms with E-state index in [1.807, 2.05) is 0 Å². The van der Waals surface area contributed by atoms with Crippen molar-refractivity contribution in [3.63, 3.8) is 0 Å². The van der Waals surface area contributed by atoms with Crippen molar-refractivity contribution in [1.29, 1.82) is 0 Å². The summed E-state index contributed by atoms with van der Waals surface area (Å²) in [6, 6.07) is 0.720. The summed E-state index contributed by atoms with van der Waals surface area (Å²) in [5.74, 6) is 0.0924. The first-order valence-corrected chi connectivity index (χ1v) is 5.66. The summed E-state index contributed by atoms with van der Waals surface area (Å²) in [7, 11) is 1.38. The van der Waals surface area contributed by atoms with Crippen LogP contribution in [0.4, 0.5) is 5.82 Å². The van der Waals surface area contributed by atoms with Gasteiger partial charge in [0.05, 0.1) is 13.7 Å². The SMILES string of the molecule is CON[C@@H]1[C@H](O)[C@@H](CO)O[C@H]1n1ccc(N)nc1=O. The average molecular weight is 272 g/mol. The van der Waals surface area contributed by atoms with Gasteiger partial charge in [0.2, 0.25) is 0 Å². The maximum atomic E-state index is 11.8. The number of hydrogen-bond acceptors (Lipinski definition) is 8. The van der Waals surface area contributed by atoms with Crippen LogP contribution in [0.15, 0.2) is 17.1 Å². The second kappa shape index (κ2) is 5.63. The number of anilines is 1. The lowest BCUT2D eigenvalue weighted by Gasteiger charge is -2.21. The number of nitrogens with zero attached hydrogens (tertiary/aromatic N) is 2. The Morgan fingerprint density at radius 1 is 1.68 bits per heavy atom. The molecule has 1 fully saturated rings. The second-order valence-corrected chi connectivity index (χ2v) is 4.13. The molecule has 0 saturated carbocycles. The van der Waals surface area contributed by atoms with Gasteiger partial charge >= 0.3 is 5.69 Å². The smallest absolute Gasteiger partial charge is 0.351 e. The van der Waals surface area contributed by atoms with E-state index < -0.39 is 30.2 Å². The zero-order valence-electron chi connectivity index (χ0n) is 10.3. The van der Waals surface area contributed by atoms with Crippen molar-refractivity contribution in [2.45, 2.75) is 24.5 Å². The quantitative estimate of drug-likeness (QED) is 0.446. The van der Waals surface area contributed by atoms with Gasteiger partial charge in [0, 0.05) is 6.20 Å². The zero-order chi connectivity index (χ0) is 14.0. The van der Waals surface area contributed by atoms with Gasteiger partial charge in [0.15, 0.2) is 6.23 Å². The number of nitrogens with one attached hydrogen (secondary N) is 1. The molecule has 0 bridgehead atoms. The lowest BCUT2D eigenvalue weighted by Crippen LogP contribution is -2.45. The molecule has 2 rings (SSSR count). The van der Waals surface area contributed by atoms with Crippen molar-refractivity contribution < 1.29 is 19.8 Å². The Kier molecular flexibility index (Phi) is 4.12. The fourth-order valence-electron chi connectivity index (χ4n) is 2.02. The normalized spacial score (nSPS) is 30.7. The number of hydroxylamine groups is 1. The minimum absolute atomic E-state index is 0.0924. The maximum Gasteiger partial charge on any atom is 0.351 e. The number of nitrogen functional groups attached to an aromatic ring is 1. The molecule has 19 heavy (non-hydrogen) atoms. The molecule has 0 aliphatic carbocycles. The second-order valence-electron chi connectivity index (χ2n) is 4.13. The van der Waals surface area contributed by atoms with E-state index in [4.69, 9.17) is 20.4 Å². The number of rotatable bonds is 4. The molecule has 0 amide bonds. The first kappa shape index (κ1) is 13.9. The molecule has 106 valence electrons. The topological polar surface area (TPSA) is 132 Å². The van der Waals surface area contributed by atoms with Crippen LogP contribution in [-0.2, 0) is 9.57 Å². The van der Waals surface area contributed by atoms with Crippen molar-refractivity contribution in [2.75, 3.05) is 19.5 Å². The van der Waals surface area contributed by atoms with Gasteiger partial charge < -0.3 is 25.5 Å². The Morgan fingerprint density at radius 3 is 3.00 bits per heavy atom. The summed E-state index contributed by atoms with van der Waals surface area (Å²) in [4.78, 5) is 20.1. The molecule has 1 aliphatic rings. The van der Waals surface area contributed by atoms with Crippen LogP contribution in [0.3, 0.4) is 0 Å². The molecule has 9 nitrogen and oxygen atoms in total. The Bertz CT molecular complexity index is 493. The molecule has 0 radical (unpaired) electrons. The Hall–Kier alpha value is -1.52. The van der Waals surface area contributed by atoms with Crippen LogP contribution in [0.25, 0.3) is 0 Å². The van der Waals surface area contributed by atoms with Gasteiger partial charge in [-0.05, 0) is 6.07 Å². The van der Waals surface area contributed by atoms with Crippen LogP contribution in [0.5, 0.6) is 0 Å². The predicted octanol–water partition coefficient (Wildman–Crippen LogP) is -2.40. The summed E-state index contributed by atoms with van der Waals surface area (Å²) >= 11 is 0. The van der Waals surface area contributed by atoms with Crippen LogP contribution in [0, 0.1) is 0 Å². The number of ether oxygens (including phenoxy) is 1. The predicted molar refractivity (Wildman–Crippen MR) is 63.8 cm³/mol. The molecule has 1 aromatic rings. The lowest BCUT2D eigenvalue weighted by atomic mass is 10.1. The highest BCUT2D eigenvalue weighted by Gasteiger charge is 2.45. The number of aliphatic hydroxyl groups excluding tert-OH is 2. The van der Waals surface area contributed by atoms with E-state index in [0.29, 0.717) is 0 Å². The first-order chi connectivity index (χ1) is 9.08. The summed E-state index contributed by atoms with van der Waals surface area (Å²) in [5.41, 5.74) is 7.34. The van der Waals surface area contributed by atoms with Gasteiger partial charge in [0.1, 0.15) is 24.1 Å². The van der Waals surface area contributed by atoms with Crippen LogP contribution in [0.1, 0.15) is 6.23 Å². The van der Waals surface area contributed by atoms with E-state index in [1.54, 1.807) is 0 Å².